The van der Waals surface area contributed by atoms with Crippen molar-refractivity contribution in [1.29, 1.82) is 0 Å². The van der Waals surface area contributed by atoms with Crippen LogP contribution in [0.2, 0.25) is 0 Å². The van der Waals surface area contributed by atoms with Gasteiger partial charge in [0.2, 0.25) is 5.91 Å². The maximum atomic E-state index is 12.0. The summed E-state index contributed by atoms with van der Waals surface area (Å²) in [5.74, 6) is 1.39. The van der Waals surface area contributed by atoms with E-state index in [1.54, 1.807) is 0 Å². The molecule has 0 aliphatic heterocycles. The fourth-order valence-corrected chi connectivity index (χ4v) is 2.73. The molecule has 1 amide bonds. The minimum Gasteiger partial charge on any atom is -0.492 e. The minimum absolute atomic E-state index is 0. The molecule has 8 heteroatoms. The molecule has 0 aliphatic rings. The second-order valence-electron chi connectivity index (χ2n) is 7.83. The van der Waals surface area contributed by atoms with E-state index in [2.05, 4.69) is 39.7 Å². The molecule has 0 unspecified atom stereocenters. The highest BCUT2D eigenvalue weighted by atomic mass is 127. The van der Waals surface area contributed by atoms with Gasteiger partial charge in [-0.15, -0.1) is 24.0 Å². The summed E-state index contributed by atoms with van der Waals surface area (Å²) in [7, 11) is 0. The summed E-state index contributed by atoms with van der Waals surface area (Å²) in [4.78, 5) is 19.0. The zero-order chi connectivity index (χ0) is 21.7. The molecule has 0 aliphatic carbocycles. The van der Waals surface area contributed by atoms with Crippen molar-refractivity contribution >= 4 is 35.8 Å². The Kier molecular flexibility index (Phi) is 14.5. The van der Waals surface area contributed by atoms with E-state index < -0.39 is 0 Å². The van der Waals surface area contributed by atoms with E-state index >= 15 is 0 Å². The number of hydrogen-bond donors (Lipinski definition) is 3. The van der Waals surface area contributed by atoms with Crippen molar-refractivity contribution in [2.75, 3.05) is 39.3 Å². The van der Waals surface area contributed by atoms with Gasteiger partial charge >= 0.3 is 0 Å². The number of nitrogens with one attached hydrogen (secondary N) is 3. The van der Waals surface area contributed by atoms with Crippen molar-refractivity contribution in [3.63, 3.8) is 0 Å². The molecular weight excluding hydrogens is 493 g/mol. The molecule has 0 heterocycles. The van der Waals surface area contributed by atoms with Crippen LogP contribution in [0.3, 0.4) is 0 Å². The Labute approximate surface area is 199 Å². The number of amides is 1. The Morgan fingerprint density at radius 2 is 1.77 bits per heavy atom. The number of ether oxygens (including phenoxy) is 1. The number of guanidine groups is 1. The number of nitrogens with zero attached hydrogens (tertiary/aromatic N) is 2. The van der Waals surface area contributed by atoms with Crippen molar-refractivity contribution in [3.05, 3.63) is 29.8 Å². The van der Waals surface area contributed by atoms with Crippen molar-refractivity contribution in [1.82, 2.24) is 20.9 Å². The second-order valence-corrected chi connectivity index (χ2v) is 7.83. The maximum absolute atomic E-state index is 12.0. The van der Waals surface area contributed by atoms with Crippen LogP contribution in [0.4, 0.5) is 0 Å². The molecule has 1 rings (SSSR count). The van der Waals surface area contributed by atoms with Crippen LogP contribution < -0.4 is 20.7 Å². The zero-order valence-corrected chi connectivity index (χ0v) is 21.7. The summed E-state index contributed by atoms with van der Waals surface area (Å²) in [5.41, 5.74) is 0.763. The second kappa shape index (κ2) is 15.3. The lowest BCUT2D eigenvalue weighted by Crippen LogP contribution is -2.48. The van der Waals surface area contributed by atoms with Gasteiger partial charge in [0.1, 0.15) is 12.4 Å². The molecule has 0 saturated heterocycles. The molecule has 3 N–H and O–H groups in total. The minimum atomic E-state index is -0.254. The van der Waals surface area contributed by atoms with Crippen molar-refractivity contribution in [2.24, 2.45) is 4.99 Å². The third kappa shape index (κ3) is 12.2. The van der Waals surface area contributed by atoms with Gasteiger partial charge in [-0.05, 0) is 46.9 Å². The van der Waals surface area contributed by atoms with Gasteiger partial charge in [-0.3, -0.25) is 4.79 Å². The largest absolute Gasteiger partial charge is 0.492 e. The number of likely N-dealkylation sites (N-methyl/N-ethyl adjacent to an activating group) is 1. The Hall–Kier alpha value is -1.55. The molecule has 7 nitrogen and oxygen atoms in total. The van der Waals surface area contributed by atoms with Gasteiger partial charge in [0, 0.05) is 24.2 Å². The van der Waals surface area contributed by atoms with E-state index in [4.69, 9.17) is 4.74 Å². The highest BCUT2D eigenvalue weighted by molar-refractivity contribution is 14.0. The summed E-state index contributed by atoms with van der Waals surface area (Å²) in [6, 6.07) is 7.95. The molecule has 1 aromatic rings. The average Bonchev–Trinajstić information content (AvgIpc) is 2.67. The van der Waals surface area contributed by atoms with Gasteiger partial charge < -0.3 is 25.6 Å². The summed E-state index contributed by atoms with van der Waals surface area (Å²) in [5, 5.41) is 9.19. The molecule has 30 heavy (non-hydrogen) atoms. The predicted octanol–water partition coefficient (Wildman–Crippen LogP) is 3.00. The number of carbonyl (C=O) groups is 1. The molecule has 0 spiro atoms. The number of carbonyl (C=O) groups excluding carboxylic acids is 1. The SMILES string of the molecule is CCNC(=NCc1ccccc1OCCN(CC)CC)NCC(=O)NC(C)(C)C.I. The zero-order valence-electron chi connectivity index (χ0n) is 19.4. The summed E-state index contributed by atoms with van der Waals surface area (Å²) < 4.78 is 6.00. The predicted molar refractivity (Wildman–Crippen MR) is 136 cm³/mol. The lowest BCUT2D eigenvalue weighted by molar-refractivity contribution is -0.121. The Balaban J connectivity index is 0.00000841. The standard InChI is InChI=1S/C22H39N5O2.HI/c1-7-23-21(25-17-20(28)26-22(4,5)6)24-16-18-12-10-11-13-19(18)29-15-14-27(8-2)9-3;/h10-13H,7-9,14-17H2,1-6H3,(H,26,28)(H2,23,24,25);1H. The van der Waals surface area contributed by atoms with Gasteiger partial charge in [0.25, 0.3) is 0 Å². The number of halogens is 1. The third-order valence-corrected chi connectivity index (χ3v) is 4.21. The van der Waals surface area contributed by atoms with Gasteiger partial charge in [0.15, 0.2) is 5.96 Å². The Bertz CT molecular complexity index is 643. The van der Waals surface area contributed by atoms with Crippen LogP contribution in [0.1, 0.15) is 47.1 Å². The molecule has 0 saturated carbocycles. The van der Waals surface area contributed by atoms with Crippen molar-refractivity contribution < 1.29 is 9.53 Å². The number of rotatable bonds is 11. The lowest BCUT2D eigenvalue weighted by Gasteiger charge is -2.21. The first-order valence-corrected chi connectivity index (χ1v) is 10.5. The van der Waals surface area contributed by atoms with Crippen LogP contribution >= 0.6 is 24.0 Å². The van der Waals surface area contributed by atoms with Crippen LogP contribution in [0.5, 0.6) is 5.75 Å². The van der Waals surface area contributed by atoms with E-state index in [9.17, 15) is 4.79 Å². The van der Waals surface area contributed by atoms with Gasteiger partial charge in [-0.25, -0.2) is 4.99 Å². The van der Waals surface area contributed by atoms with Crippen LogP contribution in [0.15, 0.2) is 29.3 Å². The Morgan fingerprint density at radius 1 is 1.10 bits per heavy atom. The number of benzene rings is 1. The molecule has 0 radical (unpaired) electrons. The van der Waals surface area contributed by atoms with Gasteiger partial charge in [-0.1, -0.05) is 32.0 Å². The highest BCUT2D eigenvalue weighted by Crippen LogP contribution is 2.18. The van der Waals surface area contributed by atoms with Crippen LogP contribution in [-0.4, -0.2) is 61.6 Å². The first kappa shape index (κ1) is 28.5. The monoisotopic (exact) mass is 533 g/mol. The fourth-order valence-electron chi connectivity index (χ4n) is 2.73. The van der Waals surface area contributed by atoms with E-state index in [1.807, 2.05) is 52.0 Å². The number of hydrogen-bond acceptors (Lipinski definition) is 4. The summed E-state index contributed by atoms with van der Waals surface area (Å²) in [6.45, 7) is 17.1. The fraction of sp³-hybridized carbons (Fsp3) is 0.636. The quantitative estimate of drug-likeness (QED) is 0.232. The van der Waals surface area contributed by atoms with Gasteiger partial charge in [0.05, 0.1) is 13.1 Å². The molecule has 0 aromatic heterocycles. The molecule has 0 bridgehead atoms. The van der Waals surface area contributed by atoms with Crippen LogP contribution in [0, 0.1) is 0 Å². The smallest absolute Gasteiger partial charge is 0.239 e. The van der Waals surface area contributed by atoms with E-state index in [0.717, 1.165) is 37.5 Å². The average molecular weight is 533 g/mol. The van der Waals surface area contributed by atoms with Crippen molar-refractivity contribution in [2.45, 2.75) is 53.6 Å². The van der Waals surface area contributed by atoms with Crippen LogP contribution in [-0.2, 0) is 11.3 Å². The molecule has 172 valence electrons. The summed E-state index contributed by atoms with van der Waals surface area (Å²) >= 11 is 0. The molecular formula is C22H40IN5O2. The maximum Gasteiger partial charge on any atom is 0.239 e. The molecule has 0 atom stereocenters. The first-order valence-electron chi connectivity index (χ1n) is 10.5. The molecule has 0 fully saturated rings. The summed E-state index contributed by atoms with van der Waals surface area (Å²) in [6.07, 6.45) is 0. The first-order chi connectivity index (χ1) is 13.8. The molecule has 1 aromatic carbocycles. The van der Waals surface area contributed by atoms with Gasteiger partial charge in [-0.2, -0.15) is 0 Å². The van der Waals surface area contributed by atoms with E-state index in [-0.39, 0.29) is 42.0 Å². The lowest BCUT2D eigenvalue weighted by atomic mass is 10.1. The van der Waals surface area contributed by atoms with E-state index in [1.165, 1.54) is 0 Å². The topological polar surface area (TPSA) is 78.0 Å². The number of aliphatic imine (C=N–C) groups is 1. The van der Waals surface area contributed by atoms with Crippen LogP contribution in [0.25, 0.3) is 0 Å². The van der Waals surface area contributed by atoms with E-state index in [0.29, 0.717) is 19.1 Å². The Morgan fingerprint density at radius 3 is 2.37 bits per heavy atom. The number of para-hydroxylation sites is 1. The third-order valence-electron chi connectivity index (χ3n) is 4.21. The highest BCUT2D eigenvalue weighted by Gasteiger charge is 2.13. The van der Waals surface area contributed by atoms with Crippen molar-refractivity contribution in [3.8, 4) is 5.75 Å². The normalized spacial score (nSPS) is 11.6.